The highest BCUT2D eigenvalue weighted by atomic mass is 19.2. The second kappa shape index (κ2) is 5.64. The number of amides is 1. The van der Waals surface area contributed by atoms with Crippen molar-refractivity contribution in [3.63, 3.8) is 0 Å². The van der Waals surface area contributed by atoms with Crippen molar-refractivity contribution in [1.82, 2.24) is 10.3 Å². The summed E-state index contributed by atoms with van der Waals surface area (Å²) < 4.78 is 25.9. The lowest BCUT2D eigenvalue weighted by Crippen LogP contribution is -2.27. The van der Waals surface area contributed by atoms with Gasteiger partial charge in [0.05, 0.1) is 11.6 Å². The molecule has 1 heterocycles. The summed E-state index contributed by atoms with van der Waals surface area (Å²) in [6.45, 7) is 1.65. The van der Waals surface area contributed by atoms with Gasteiger partial charge in [-0.25, -0.2) is 8.78 Å². The molecule has 1 aromatic carbocycles. The zero-order valence-electron chi connectivity index (χ0n) is 10.6. The third-order valence-corrected chi connectivity index (χ3v) is 2.84. The van der Waals surface area contributed by atoms with Crippen LogP contribution in [0, 0.1) is 11.6 Å². The van der Waals surface area contributed by atoms with E-state index in [2.05, 4.69) is 10.3 Å². The summed E-state index contributed by atoms with van der Waals surface area (Å²) in [7, 11) is 0. The van der Waals surface area contributed by atoms with E-state index in [4.69, 9.17) is 0 Å². The van der Waals surface area contributed by atoms with Gasteiger partial charge in [0.15, 0.2) is 11.6 Å². The summed E-state index contributed by atoms with van der Waals surface area (Å²) in [5, 5.41) is 2.63. The van der Waals surface area contributed by atoms with Crippen molar-refractivity contribution < 1.29 is 13.6 Å². The van der Waals surface area contributed by atoms with Gasteiger partial charge in [-0.2, -0.15) is 0 Å². The van der Waals surface area contributed by atoms with Crippen molar-refractivity contribution in [3.05, 3.63) is 69.6 Å². The maximum atomic E-state index is 13.1. The van der Waals surface area contributed by atoms with Crippen LogP contribution in [-0.2, 0) is 0 Å². The number of rotatable bonds is 3. The van der Waals surface area contributed by atoms with E-state index in [1.807, 2.05) is 0 Å². The fraction of sp³-hybridized carbons (Fsp3) is 0.143. The highest BCUT2D eigenvalue weighted by Crippen LogP contribution is 2.16. The average Bonchev–Trinajstić information content (AvgIpc) is 2.42. The fourth-order valence-electron chi connectivity index (χ4n) is 1.70. The minimum absolute atomic E-state index is 0.277. The molecule has 1 atom stereocenters. The van der Waals surface area contributed by atoms with E-state index < -0.39 is 23.6 Å². The summed E-state index contributed by atoms with van der Waals surface area (Å²) in [4.78, 5) is 25.2. The molecule has 0 aliphatic carbocycles. The van der Waals surface area contributed by atoms with Crippen LogP contribution in [0.4, 0.5) is 8.78 Å². The van der Waals surface area contributed by atoms with Gasteiger partial charge in [0.2, 0.25) is 5.56 Å². The predicted octanol–water partition coefficient (Wildman–Crippen LogP) is 2.14. The van der Waals surface area contributed by atoms with Crippen molar-refractivity contribution >= 4 is 5.91 Å². The molecule has 0 radical (unpaired) electrons. The summed E-state index contributed by atoms with van der Waals surface area (Å²) in [5.74, 6) is -2.32. The standard InChI is InChI=1S/C14H12F2N2O2/c1-8(9-2-4-11(15)12(16)6-9)18-14(20)10-3-5-13(19)17-7-10/h2-8H,1H3,(H,17,19)(H,18,20)/t8-/m0/s1. The van der Waals surface area contributed by atoms with Gasteiger partial charge in [0.1, 0.15) is 0 Å². The third kappa shape index (κ3) is 3.09. The molecule has 2 rings (SSSR count). The van der Waals surface area contributed by atoms with Gasteiger partial charge in [0, 0.05) is 12.3 Å². The molecule has 2 N–H and O–H groups in total. The van der Waals surface area contributed by atoms with Crippen molar-refractivity contribution in [1.29, 1.82) is 0 Å². The van der Waals surface area contributed by atoms with E-state index in [1.54, 1.807) is 6.92 Å². The number of hydrogen-bond acceptors (Lipinski definition) is 2. The molecule has 0 unspecified atom stereocenters. The van der Waals surface area contributed by atoms with Crippen LogP contribution in [0.1, 0.15) is 28.9 Å². The van der Waals surface area contributed by atoms with E-state index in [0.29, 0.717) is 5.56 Å². The fourth-order valence-corrected chi connectivity index (χ4v) is 1.70. The Labute approximate surface area is 113 Å². The predicted molar refractivity (Wildman–Crippen MR) is 69.3 cm³/mol. The molecule has 0 spiro atoms. The summed E-state index contributed by atoms with van der Waals surface area (Å²) in [6.07, 6.45) is 1.29. The lowest BCUT2D eigenvalue weighted by atomic mass is 10.1. The Balaban J connectivity index is 2.12. The van der Waals surface area contributed by atoms with Crippen molar-refractivity contribution in [2.45, 2.75) is 13.0 Å². The van der Waals surface area contributed by atoms with Crippen molar-refractivity contribution in [2.75, 3.05) is 0 Å². The molecule has 0 saturated heterocycles. The number of aromatic nitrogens is 1. The average molecular weight is 278 g/mol. The van der Waals surface area contributed by atoms with Gasteiger partial charge in [-0.1, -0.05) is 6.07 Å². The van der Waals surface area contributed by atoms with E-state index in [0.717, 1.165) is 12.1 Å². The highest BCUT2D eigenvalue weighted by molar-refractivity contribution is 5.94. The number of nitrogens with one attached hydrogen (secondary N) is 2. The maximum Gasteiger partial charge on any atom is 0.253 e. The van der Waals surface area contributed by atoms with E-state index in [-0.39, 0.29) is 11.1 Å². The molecule has 0 saturated carbocycles. The zero-order valence-corrected chi connectivity index (χ0v) is 10.6. The van der Waals surface area contributed by atoms with E-state index >= 15 is 0 Å². The molecule has 1 aromatic heterocycles. The quantitative estimate of drug-likeness (QED) is 0.903. The van der Waals surface area contributed by atoms with Crippen molar-refractivity contribution in [3.8, 4) is 0 Å². The Morgan fingerprint density at radius 1 is 1.20 bits per heavy atom. The largest absolute Gasteiger partial charge is 0.345 e. The first kappa shape index (κ1) is 13.9. The topological polar surface area (TPSA) is 62.0 Å². The number of aromatic amines is 1. The number of carbonyl (C=O) groups is 1. The molecule has 0 bridgehead atoms. The molecular formula is C14H12F2N2O2. The van der Waals surface area contributed by atoms with Crippen LogP contribution >= 0.6 is 0 Å². The van der Waals surface area contributed by atoms with Crippen LogP contribution in [0.2, 0.25) is 0 Å². The first-order chi connectivity index (χ1) is 9.47. The maximum absolute atomic E-state index is 13.1. The molecular weight excluding hydrogens is 266 g/mol. The van der Waals surface area contributed by atoms with Gasteiger partial charge in [0.25, 0.3) is 5.91 Å². The van der Waals surface area contributed by atoms with Gasteiger partial charge in [-0.05, 0) is 30.7 Å². The Morgan fingerprint density at radius 2 is 1.95 bits per heavy atom. The summed E-state index contributed by atoms with van der Waals surface area (Å²) >= 11 is 0. The Hall–Kier alpha value is -2.50. The Kier molecular flexibility index (Phi) is 3.93. The SMILES string of the molecule is C[C@H](NC(=O)c1ccc(=O)[nH]c1)c1ccc(F)c(F)c1. The molecule has 6 heteroatoms. The first-order valence-electron chi connectivity index (χ1n) is 5.92. The number of pyridine rings is 1. The van der Waals surface area contributed by atoms with E-state index in [9.17, 15) is 18.4 Å². The smallest absolute Gasteiger partial charge is 0.253 e. The molecule has 4 nitrogen and oxygen atoms in total. The monoisotopic (exact) mass is 278 g/mol. The van der Waals surface area contributed by atoms with Gasteiger partial charge in [-0.3, -0.25) is 9.59 Å². The molecule has 1 amide bonds. The number of carbonyl (C=O) groups excluding carboxylic acids is 1. The van der Waals surface area contributed by atoms with Crippen LogP contribution in [0.5, 0.6) is 0 Å². The second-order valence-electron chi connectivity index (χ2n) is 4.31. The van der Waals surface area contributed by atoms with Crippen LogP contribution in [0.15, 0.2) is 41.3 Å². The second-order valence-corrected chi connectivity index (χ2v) is 4.31. The molecule has 20 heavy (non-hydrogen) atoms. The first-order valence-corrected chi connectivity index (χ1v) is 5.92. The number of H-pyrrole nitrogens is 1. The van der Waals surface area contributed by atoms with E-state index in [1.165, 1.54) is 24.4 Å². The molecule has 104 valence electrons. The summed E-state index contributed by atoms with van der Waals surface area (Å²) in [6, 6.07) is 5.56. The van der Waals surface area contributed by atoms with Crippen LogP contribution in [0.25, 0.3) is 0 Å². The molecule has 0 aliphatic rings. The minimum Gasteiger partial charge on any atom is -0.345 e. The number of benzene rings is 1. The Bertz CT molecular complexity index is 677. The highest BCUT2D eigenvalue weighted by Gasteiger charge is 2.13. The normalized spacial score (nSPS) is 11.9. The van der Waals surface area contributed by atoms with Gasteiger partial charge >= 0.3 is 0 Å². The molecule has 2 aromatic rings. The Morgan fingerprint density at radius 3 is 2.55 bits per heavy atom. The number of hydrogen-bond donors (Lipinski definition) is 2. The van der Waals surface area contributed by atoms with Crippen LogP contribution in [-0.4, -0.2) is 10.9 Å². The third-order valence-electron chi connectivity index (χ3n) is 2.84. The number of halogens is 2. The van der Waals surface area contributed by atoms with Gasteiger partial charge in [-0.15, -0.1) is 0 Å². The lowest BCUT2D eigenvalue weighted by Gasteiger charge is -2.14. The zero-order chi connectivity index (χ0) is 14.7. The summed E-state index contributed by atoms with van der Waals surface area (Å²) in [5.41, 5.74) is 0.413. The molecule has 0 aliphatic heterocycles. The van der Waals surface area contributed by atoms with Crippen LogP contribution in [0.3, 0.4) is 0 Å². The minimum atomic E-state index is -0.965. The molecule has 0 fully saturated rings. The lowest BCUT2D eigenvalue weighted by molar-refractivity contribution is 0.0939. The van der Waals surface area contributed by atoms with Gasteiger partial charge < -0.3 is 10.3 Å². The van der Waals surface area contributed by atoms with Crippen molar-refractivity contribution in [2.24, 2.45) is 0 Å². The van der Waals surface area contributed by atoms with Crippen LogP contribution < -0.4 is 10.9 Å².